The van der Waals surface area contributed by atoms with E-state index in [4.69, 9.17) is 9.72 Å². The van der Waals surface area contributed by atoms with Crippen LogP contribution in [-0.4, -0.2) is 44.8 Å². The summed E-state index contributed by atoms with van der Waals surface area (Å²) in [6.07, 6.45) is 7.34. The van der Waals surface area contributed by atoms with Crippen molar-refractivity contribution in [1.82, 2.24) is 25.1 Å². The topological polar surface area (TPSA) is 91.8 Å². The van der Waals surface area contributed by atoms with Crippen molar-refractivity contribution in [3.8, 4) is 0 Å². The molecule has 0 amide bonds. The molecule has 1 aromatic carbocycles. The molecule has 160 valence electrons. The number of nitrogens with one attached hydrogen (secondary N) is 2. The largest absolute Gasteiger partial charge is 0.379 e. The first-order valence-corrected chi connectivity index (χ1v) is 11.3. The SMILES string of the molecule is c1cncc(NCc2cc3nc(N4CCOC(c5cccc6[nH]ncc56)C4)ncc3s2)c1. The standard InChI is InChI=1S/C23H21N7OS/c1-4-17(18-12-27-29-19(18)5-1)21-14-30(7-8-31-21)23-26-13-22-20(28-23)9-16(32-22)11-25-15-3-2-6-24-10-15/h1-6,9-10,12-13,21,25H,7-8,11,14H2,(H,27,29). The molecule has 1 saturated heterocycles. The summed E-state index contributed by atoms with van der Waals surface area (Å²) in [6, 6.07) is 12.2. The van der Waals surface area contributed by atoms with Crippen LogP contribution in [0.4, 0.5) is 11.6 Å². The van der Waals surface area contributed by atoms with Gasteiger partial charge in [0.25, 0.3) is 0 Å². The number of aromatic amines is 1. The van der Waals surface area contributed by atoms with E-state index in [0.717, 1.165) is 51.4 Å². The van der Waals surface area contributed by atoms with E-state index >= 15 is 0 Å². The molecule has 1 atom stereocenters. The van der Waals surface area contributed by atoms with Gasteiger partial charge in [-0.25, -0.2) is 9.97 Å². The molecular formula is C23H21N7OS. The Morgan fingerprint density at radius 1 is 1.19 bits per heavy atom. The summed E-state index contributed by atoms with van der Waals surface area (Å²) in [5.41, 5.74) is 4.14. The molecule has 6 rings (SSSR count). The lowest BCUT2D eigenvalue weighted by Crippen LogP contribution is -2.39. The molecule has 0 saturated carbocycles. The molecule has 9 heteroatoms. The fourth-order valence-corrected chi connectivity index (χ4v) is 4.98. The van der Waals surface area contributed by atoms with Gasteiger partial charge in [0.1, 0.15) is 6.10 Å². The lowest BCUT2D eigenvalue weighted by molar-refractivity contribution is 0.0402. The van der Waals surface area contributed by atoms with E-state index in [0.29, 0.717) is 13.2 Å². The van der Waals surface area contributed by atoms with Crippen LogP contribution in [-0.2, 0) is 11.3 Å². The zero-order valence-corrected chi connectivity index (χ0v) is 18.0. The van der Waals surface area contributed by atoms with E-state index in [9.17, 15) is 0 Å². The maximum atomic E-state index is 6.11. The predicted molar refractivity (Wildman–Crippen MR) is 126 cm³/mol. The zero-order chi connectivity index (χ0) is 21.3. The monoisotopic (exact) mass is 443 g/mol. The number of anilines is 2. The first-order valence-electron chi connectivity index (χ1n) is 10.5. The van der Waals surface area contributed by atoms with Crippen molar-refractivity contribution in [1.29, 1.82) is 0 Å². The number of hydrogen-bond donors (Lipinski definition) is 2. The molecule has 1 aliphatic rings. The molecule has 8 nitrogen and oxygen atoms in total. The summed E-state index contributed by atoms with van der Waals surface area (Å²) in [7, 11) is 0. The van der Waals surface area contributed by atoms with Crippen molar-refractivity contribution in [3.63, 3.8) is 0 Å². The third kappa shape index (κ3) is 3.65. The van der Waals surface area contributed by atoms with Crippen LogP contribution < -0.4 is 10.2 Å². The number of ether oxygens (including phenoxy) is 1. The molecule has 1 unspecified atom stereocenters. The molecule has 2 N–H and O–H groups in total. The summed E-state index contributed by atoms with van der Waals surface area (Å²) in [4.78, 5) is 17.1. The molecule has 4 aromatic heterocycles. The molecule has 5 aromatic rings. The number of H-pyrrole nitrogens is 1. The Morgan fingerprint density at radius 2 is 2.19 bits per heavy atom. The van der Waals surface area contributed by atoms with Gasteiger partial charge in [0.15, 0.2) is 0 Å². The van der Waals surface area contributed by atoms with Crippen molar-refractivity contribution < 1.29 is 4.74 Å². The van der Waals surface area contributed by atoms with Crippen molar-refractivity contribution in [2.75, 3.05) is 29.9 Å². The fraction of sp³-hybridized carbons (Fsp3) is 0.217. The van der Waals surface area contributed by atoms with Crippen LogP contribution in [0.1, 0.15) is 16.5 Å². The highest BCUT2D eigenvalue weighted by molar-refractivity contribution is 7.19. The number of fused-ring (bicyclic) bond motifs is 2. The van der Waals surface area contributed by atoms with Gasteiger partial charge in [-0.3, -0.25) is 10.1 Å². The number of hydrogen-bond acceptors (Lipinski definition) is 8. The third-order valence-electron chi connectivity index (χ3n) is 5.65. The second-order valence-corrected chi connectivity index (χ2v) is 8.88. The minimum atomic E-state index is -0.0499. The minimum absolute atomic E-state index is 0.0499. The molecule has 0 bridgehead atoms. The number of benzene rings is 1. The average molecular weight is 444 g/mol. The molecule has 0 aliphatic carbocycles. The van der Waals surface area contributed by atoms with Crippen LogP contribution in [0.3, 0.4) is 0 Å². The normalized spacial score (nSPS) is 16.6. The van der Waals surface area contributed by atoms with E-state index < -0.39 is 0 Å². The Labute approximate surface area is 188 Å². The quantitative estimate of drug-likeness (QED) is 0.421. The molecule has 0 radical (unpaired) electrons. The summed E-state index contributed by atoms with van der Waals surface area (Å²) in [5, 5.41) is 11.7. The van der Waals surface area contributed by atoms with E-state index in [-0.39, 0.29) is 6.10 Å². The van der Waals surface area contributed by atoms with Crippen LogP contribution in [0.15, 0.2) is 61.2 Å². The second kappa shape index (κ2) is 8.18. The van der Waals surface area contributed by atoms with Gasteiger partial charge >= 0.3 is 0 Å². The van der Waals surface area contributed by atoms with Crippen molar-refractivity contribution in [2.45, 2.75) is 12.6 Å². The molecule has 1 fully saturated rings. The maximum absolute atomic E-state index is 6.11. The molecule has 1 aliphatic heterocycles. The van der Waals surface area contributed by atoms with Gasteiger partial charge in [-0.05, 0) is 29.8 Å². The predicted octanol–water partition coefficient (Wildman–Crippen LogP) is 4.15. The molecule has 32 heavy (non-hydrogen) atoms. The second-order valence-electron chi connectivity index (χ2n) is 7.71. The van der Waals surface area contributed by atoms with Gasteiger partial charge in [0.05, 0.1) is 47.0 Å². The smallest absolute Gasteiger partial charge is 0.226 e. The number of morpholine rings is 1. The van der Waals surface area contributed by atoms with Gasteiger partial charge < -0.3 is 15.0 Å². The van der Waals surface area contributed by atoms with Crippen molar-refractivity contribution in [2.24, 2.45) is 0 Å². The summed E-state index contributed by atoms with van der Waals surface area (Å²) in [5.74, 6) is 0.745. The highest BCUT2D eigenvalue weighted by Gasteiger charge is 2.25. The highest BCUT2D eigenvalue weighted by Crippen LogP contribution is 2.31. The summed E-state index contributed by atoms with van der Waals surface area (Å²) < 4.78 is 7.20. The van der Waals surface area contributed by atoms with Crippen LogP contribution in [0.2, 0.25) is 0 Å². The number of nitrogens with zero attached hydrogens (tertiary/aromatic N) is 5. The van der Waals surface area contributed by atoms with Crippen LogP contribution in [0, 0.1) is 0 Å². The Hall–Kier alpha value is -3.56. The number of pyridine rings is 1. The van der Waals surface area contributed by atoms with E-state index in [2.05, 4.69) is 42.5 Å². The van der Waals surface area contributed by atoms with E-state index in [1.807, 2.05) is 42.9 Å². The minimum Gasteiger partial charge on any atom is -0.379 e. The zero-order valence-electron chi connectivity index (χ0n) is 17.2. The fourth-order valence-electron chi connectivity index (χ4n) is 4.07. The Balaban J connectivity index is 1.21. The molecular weight excluding hydrogens is 422 g/mol. The summed E-state index contributed by atoms with van der Waals surface area (Å²) >= 11 is 1.71. The number of thiophene rings is 1. The van der Waals surface area contributed by atoms with Crippen LogP contribution in [0.25, 0.3) is 21.1 Å². The van der Waals surface area contributed by atoms with Gasteiger partial charge in [0.2, 0.25) is 5.95 Å². The van der Waals surface area contributed by atoms with Gasteiger partial charge in [-0.15, -0.1) is 11.3 Å². The third-order valence-corrected chi connectivity index (χ3v) is 6.71. The van der Waals surface area contributed by atoms with Gasteiger partial charge in [-0.2, -0.15) is 5.10 Å². The van der Waals surface area contributed by atoms with E-state index in [1.54, 1.807) is 17.5 Å². The first-order chi connectivity index (χ1) is 15.8. The van der Waals surface area contributed by atoms with Crippen LogP contribution in [0.5, 0.6) is 0 Å². The number of aromatic nitrogens is 5. The Bertz CT molecular complexity index is 1370. The molecule has 0 spiro atoms. The van der Waals surface area contributed by atoms with E-state index in [1.165, 1.54) is 4.88 Å². The van der Waals surface area contributed by atoms with Gasteiger partial charge in [-0.1, -0.05) is 12.1 Å². The highest BCUT2D eigenvalue weighted by atomic mass is 32.1. The lowest BCUT2D eigenvalue weighted by Gasteiger charge is -2.33. The van der Waals surface area contributed by atoms with Crippen LogP contribution >= 0.6 is 11.3 Å². The number of rotatable bonds is 5. The lowest BCUT2D eigenvalue weighted by atomic mass is 10.0. The first kappa shape index (κ1) is 19.1. The van der Waals surface area contributed by atoms with Gasteiger partial charge in [0, 0.05) is 35.7 Å². The molecule has 5 heterocycles. The average Bonchev–Trinajstić information content (AvgIpc) is 3.49. The summed E-state index contributed by atoms with van der Waals surface area (Å²) in [6.45, 7) is 2.83. The van der Waals surface area contributed by atoms with Crippen molar-refractivity contribution in [3.05, 3.63) is 71.6 Å². The van der Waals surface area contributed by atoms with Crippen molar-refractivity contribution >= 4 is 44.1 Å². The Morgan fingerprint density at radius 3 is 3.12 bits per heavy atom. The Kier molecular flexibility index (Phi) is 4.89. The maximum Gasteiger partial charge on any atom is 0.226 e.